The van der Waals surface area contributed by atoms with Crippen LogP contribution in [-0.4, -0.2) is 43.9 Å². The van der Waals surface area contributed by atoms with Gasteiger partial charge in [-0.25, -0.2) is 0 Å². The monoisotopic (exact) mass is 347 g/mol. The van der Waals surface area contributed by atoms with Crippen LogP contribution in [0.15, 0.2) is 24.3 Å². The normalized spacial score (nSPS) is 12.8. The molecule has 5 nitrogen and oxygen atoms in total. The van der Waals surface area contributed by atoms with E-state index in [-0.39, 0.29) is 36.4 Å². The number of benzene rings is 1. The van der Waals surface area contributed by atoms with E-state index < -0.39 is 0 Å². The van der Waals surface area contributed by atoms with E-state index in [0.29, 0.717) is 5.92 Å². The Labute approximate surface area is 152 Å². The second-order valence-electron chi connectivity index (χ2n) is 7.90. The zero-order valence-electron chi connectivity index (χ0n) is 16.6. The Balaban J connectivity index is 2.75. The van der Waals surface area contributed by atoms with Gasteiger partial charge < -0.3 is 15.5 Å². The first-order valence-corrected chi connectivity index (χ1v) is 8.84. The number of likely N-dealkylation sites (N-methyl/N-ethyl adjacent to an activating group) is 2. The molecule has 0 aromatic heterocycles. The molecule has 5 heteroatoms. The van der Waals surface area contributed by atoms with Crippen molar-refractivity contribution < 1.29 is 9.59 Å². The fourth-order valence-electron chi connectivity index (χ4n) is 2.64. The largest absolute Gasteiger partial charge is 0.358 e. The van der Waals surface area contributed by atoms with Gasteiger partial charge in [-0.3, -0.25) is 9.59 Å². The predicted octanol–water partition coefficient (Wildman–Crippen LogP) is 2.48. The van der Waals surface area contributed by atoms with Crippen LogP contribution in [0.1, 0.15) is 51.8 Å². The van der Waals surface area contributed by atoms with Gasteiger partial charge in [-0.05, 0) is 22.5 Å². The van der Waals surface area contributed by atoms with Gasteiger partial charge in [-0.1, -0.05) is 58.9 Å². The molecule has 0 heterocycles. The molecule has 0 aliphatic rings. The maximum absolute atomic E-state index is 12.2. The van der Waals surface area contributed by atoms with E-state index in [2.05, 4.69) is 69.5 Å². The molecule has 0 aliphatic heterocycles. The van der Waals surface area contributed by atoms with Crippen molar-refractivity contribution in [1.82, 2.24) is 15.5 Å². The van der Waals surface area contributed by atoms with Gasteiger partial charge in [-0.15, -0.1) is 0 Å². The van der Waals surface area contributed by atoms with Crippen LogP contribution in [0.3, 0.4) is 0 Å². The molecule has 0 fully saturated rings. The second kappa shape index (κ2) is 8.99. The summed E-state index contributed by atoms with van der Waals surface area (Å²) in [6, 6.07) is 8.68. The van der Waals surface area contributed by atoms with Crippen LogP contribution in [-0.2, 0) is 15.0 Å². The third-order valence-corrected chi connectivity index (χ3v) is 4.36. The quantitative estimate of drug-likeness (QED) is 0.796. The summed E-state index contributed by atoms with van der Waals surface area (Å²) in [5.74, 6) is 0.0760. The summed E-state index contributed by atoms with van der Waals surface area (Å²) < 4.78 is 0. The summed E-state index contributed by atoms with van der Waals surface area (Å²) in [5, 5.41) is 5.87. The highest BCUT2D eigenvalue weighted by molar-refractivity contribution is 5.85. The molecule has 0 saturated heterocycles. The maximum Gasteiger partial charge on any atom is 0.239 e. The SMILES string of the molecule is CNC(=O)CN(C)C(=O)CN[C@H](c1ccc(C(C)(C)C)cc1)C(C)C. The van der Waals surface area contributed by atoms with Gasteiger partial charge in [0, 0.05) is 20.1 Å². The molecule has 1 aromatic rings. The fourth-order valence-corrected chi connectivity index (χ4v) is 2.64. The van der Waals surface area contributed by atoms with Crippen LogP contribution >= 0.6 is 0 Å². The van der Waals surface area contributed by atoms with Crippen molar-refractivity contribution >= 4 is 11.8 Å². The van der Waals surface area contributed by atoms with E-state index in [1.807, 2.05) is 0 Å². The first-order chi connectivity index (χ1) is 11.6. The van der Waals surface area contributed by atoms with Crippen LogP contribution in [0.4, 0.5) is 0 Å². The Bertz CT molecular complexity index is 574. The lowest BCUT2D eigenvalue weighted by Crippen LogP contribution is -2.42. The lowest BCUT2D eigenvalue weighted by atomic mass is 9.85. The lowest BCUT2D eigenvalue weighted by Gasteiger charge is -2.26. The molecule has 0 radical (unpaired) electrons. The Kier molecular flexibility index (Phi) is 7.61. The molecule has 0 aliphatic carbocycles. The number of hydrogen-bond acceptors (Lipinski definition) is 3. The van der Waals surface area contributed by atoms with Crippen molar-refractivity contribution in [3.05, 3.63) is 35.4 Å². The van der Waals surface area contributed by atoms with E-state index in [9.17, 15) is 9.59 Å². The van der Waals surface area contributed by atoms with Crippen molar-refractivity contribution in [2.24, 2.45) is 5.92 Å². The Morgan fingerprint density at radius 1 is 1.12 bits per heavy atom. The average molecular weight is 348 g/mol. The second-order valence-corrected chi connectivity index (χ2v) is 7.90. The number of hydrogen-bond donors (Lipinski definition) is 2. The van der Waals surface area contributed by atoms with Crippen molar-refractivity contribution in [2.75, 3.05) is 27.2 Å². The molecule has 2 amide bonds. The number of rotatable bonds is 7. The Morgan fingerprint density at radius 2 is 1.68 bits per heavy atom. The standard InChI is InChI=1S/C20H33N3O2/c1-14(2)19(15-8-10-16(11-9-15)20(3,4)5)22-12-18(25)23(7)13-17(24)21-6/h8-11,14,19,22H,12-13H2,1-7H3,(H,21,24)/t19-/m0/s1. The van der Waals surface area contributed by atoms with Crippen LogP contribution in [0, 0.1) is 5.92 Å². The maximum atomic E-state index is 12.2. The molecule has 1 rings (SSSR count). The number of amides is 2. The highest BCUT2D eigenvalue weighted by Gasteiger charge is 2.20. The molecule has 25 heavy (non-hydrogen) atoms. The third kappa shape index (κ3) is 6.50. The molecule has 0 spiro atoms. The Hall–Kier alpha value is -1.88. The van der Waals surface area contributed by atoms with Gasteiger partial charge in [0.25, 0.3) is 0 Å². The van der Waals surface area contributed by atoms with Crippen LogP contribution in [0.2, 0.25) is 0 Å². The van der Waals surface area contributed by atoms with E-state index in [4.69, 9.17) is 0 Å². The Morgan fingerprint density at radius 3 is 2.12 bits per heavy atom. The minimum Gasteiger partial charge on any atom is -0.358 e. The fraction of sp³-hybridized carbons (Fsp3) is 0.600. The van der Waals surface area contributed by atoms with E-state index in [1.165, 1.54) is 16.0 Å². The summed E-state index contributed by atoms with van der Waals surface area (Å²) in [6.07, 6.45) is 0. The van der Waals surface area contributed by atoms with E-state index in [1.54, 1.807) is 14.1 Å². The molecule has 0 bridgehead atoms. The zero-order valence-corrected chi connectivity index (χ0v) is 16.6. The van der Waals surface area contributed by atoms with Gasteiger partial charge in [0.1, 0.15) is 0 Å². The summed E-state index contributed by atoms with van der Waals surface area (Å²) in [4.78, 5) is 25.0. The topological polar surface area (TPSA) is 61.4 Å². The van der Waals surface area contributed by atoms with Gasteiger partial charge in [-0.2, -0.15) is 0 Å². The van der Waals surface area contributed by atoms with Crippen molar-refractivity contribution in [2.45, 2.75) is 46.1 Å². The van der Waals surface area contributed by atoms with Gasteiger partial charge >= 0.3 is 0 Å². The smallest absolute Gasteiger partial charge is 0.239 e. The van der Waals surface area contributed by atoms with Crippen LogP contribution in [0.25, 0.3) is 0 Å². The van der Waals surface area contributed by atoms with Gasteiger partial charge in [0.05, 0.1) is 13.1 Å². The molecule has 2 N–H and O–H groups in total. The van der Waals surface area contributed by atoms with Gasteiger partial charge in [0.2, 0.25) is 11.8 Å². The minimum absolute atomic E-state index is 0.0731. The van der Waals surface area contributed by atoms with E-state index >= 15 is 0 Å². The molecule has 0 saturated carbocycles. The van der Waals surface area contributed by atoms with Crippen LogP contribution in [0.5, 0.6) is 0 Å². The van der Waals surface area contributed by atoms with Crippen molar-refractivity contribution in [1.29, 1.82) is 0 Å². The average Bonchev–Trinajstić information content (AvgIpc) is 2.53. The summed E-state index contributed by atoms with van der Waals surface area (Å²) >= 11 is 0. The highest BCUT2D eigenvalue weighted by Crippen LogP contribution is 2.26. The molecule has 1 aromatic carbocycles. The number of nitrogens with one attached hydrogen (secondary N) is 2. The number of carbonyl (C=O) groups is 2. The molecule has 140 valence electrons. The summed E-state index contributed by atoms with van der Waals surface area (Å²) in [6.45, 7) is 11.1. The zero-order chi connectivity index (χ0) is 19.2. The molecule has 0 unspecified atom stereocenters. The number of nitrogens with zero attached hydrogens (tertiary/aromatic N) is 1. The third-order valence-electron chi connectivity index (χ3n) is 4.36. The van der Waals surface area contributed by atoms with Crippen molar-refractivity contribution in [3.8, 4) is 0 Å². The first kappa shape index (κ1) is 21.2. The van der Waals surface area contributed by atoms with Gasteiger partial charge in [0.15, 0.2) is 0 Å². The molecular weight excluding hydrogens is 314 g/mol. The summed E-state index contributed by atoms with van der Waals surface area (Å²) in [7, 11) is 3.21. The summed E-state index contributed by atoms with van der Waals surface area (Å²) in [5.41, 5.74) is 2.59. The van der Waals surface area contributed by atoms with E-state index in [0.717, 1.165) is 0 Å². The van der Waals surface area contributed by atoms with Crippen LogP contribution < -0.4 is 10.6 Å². The predicted molar refractivity (Wildman–Crippen MR) is 102 cm³/mol. The highest BCUT2D eigenvalue weighted by atomic mass is 16.2. The lowest BCUT2D eigenvalue weighted by molar-refractivity contribution is -0.134. The molecular formula is C20H33N3O2. The first-order valence-electron chi connectivity index (χ1n) is 8.84. The van der Waals surface area contributed by atoms with Crippen molar-refractivity contribution in [3.63, 3.8) is 0 Å². The molecule has 1 atom stereocenters. The number of carbonyl (C=O) groups excluding carboxylic acids is 2. The minimum atomic E-state index is -0.172.